The Balaban J connectivity index is 2.59. The smallest absolute Gasteiger partial charge is 0.243 e. The molecule has 1 saturated heterocycles. The highest BCUT2D eigenvalue weighted by Crippen LogP contribution is 2.25. The van der Waals surface area contributed by atoms with Gasteiger partial charge in [-0.1, -0.05) is 0 Å². The van der Waals surface area contributed by atoms with Gasteiger partial charge in [-0.2, -0.15) is 0 Å². The number of likely N-dealkylation sites (tertiary alicyclic amines) is 1. The van der Waals surface area contributed by atoms with Gasteiger partial charge < -0.3 is 10.2 Å². The molecule has 6 heteroatoms. The van der Waals surface area contributed by atoms with Crippen LogP contribution in [0.3, 0.4) is 0 Å². The van der Waals surface area contributed by atoms with Crippen molar-refractivity contribution in [1.29, 1.82) is 0 Å². The first-order chi connectivity index (χ1) is 8.70. The highest BCUT2D eigenvalue weighted by atomic mass is 32.2. The van der Waals surface area contributed by atoms with Crippen molar-refractivity contribution in [2.45, 2.75) is 37.9 Å². The number of nitrogens with zero attached hydrogens (tertiary/aromatic N) is 1. The molecule has 0 saturated carbocycles. The van der Waals surface area contributed by atoms with Gasteiger partial charge in [0.15, 0.2) is 9.84 Å². The molecule has 1 rings (SSSR count). The Bertz CT molecular complexity index is 410. The summed E-state index contributed by atoms with van der Waals surface area (Å²) in [6, 6.07) is 0. The minimum atomic E-state index is -3.38. The van der Waals surface area contributed by atoms with Crippen molar-refractivity contribution >= 4 is 15.7 Å². The van der Waals surface area contributed by atoms with Gasteiger partial charge in [0.25, 0.3) is 0 Å². The second kappa shape index (κ2) is 6.22. The zero-order chi connectivity index (χ0) is 14.7. The van der Waals surface area contributed by atoms with Crippen LogP contribution in [0.5, 0.6) is 0 Å². The molecule has 112 valence electrons. The Morgan fingerprint density at radius 2 is 1.84 bits per heavy atom. The van der Waals surface area contributed by atoms with Crippen molar-refractivity contribution < 1.29 is 13.2 Å². The summed E-state index contributed by atoms with van der Waals surface area (Å²) in [7, 11) is -1.44. The van der Waals surface area contributed by atoms with Crippen molar-refractivity contribution in [3.8, 4) is 0 Å². The van der Waals surface area contributed by atoms with E-state index in [0.717, 1.165) is 32.1 Å². The summed E-state index contributed by atoms with van der Waals surface area (Å²) in [5, 5.41) is 3.13. The topological polar surface area (TPSA) is 66.5 Å². The van der Waals surface area contributed by atoms with Gasteiger partial charge in [-0.15, -0.1) is 0 Å². The third-order valence-corrected chi connectivity index (χ3v) is 6.17. The van der Waals surface area contributed by atoms with E-state index in [9.17, 15) is 13.2 Å². The number of amides is 1. The molecule has 0 aromatic rings. The Kier molecular flexibility index (Phi) is 5.38. The van der Waals surface area contributed by atoms with Gasteiger partial charge in [-0.05, 0) is 52.6 Å². The van der Waals surface area contributed by atoms with Crippen molar-refractivity contribution in [2.24, 2.45) is 5.92 Å². The fourth-order valence-electron chi connectivity index (χ4n) is 2.31. The van der Waals surface area contributed by atoms with Crippen molar-refractivity contribution in [3.05, 3.63) is 0 Å². The van der Waals surface area contributed by atoms with Crippen LogP contribution >= 0.6 is 0 Å². The molecule has 19 heavy (non-hydrogen) atoms. The third kappa shape index (κ3) is 3.92. The van der Waals surface area contributed by atoms with E-state index in [2.05, 4.69) is 5.32 Å². The Labute approximate surface area is 116 Å². The number of hydrogen-bond acceptors (Lipinski definition) is 4. The fraction of sp³-hybridized carbons (Fsp3) is 0.923. The molecule has 0 bridgehead atoms. The standard InChI is InChI=1S/C13H26N2O3S/c1-13(2,19(4,17)18)12(16)15-9-6-11(7-10-15)5-8-14-3/h11,14H,5-10H2,1-4H3. The molecule has 5 nitrogen and oxygen atoms in total. The third-order valence-electron chi connectivity index (χ3n) is 4.15. The lowest BCUT2D eigenvalue weighted by molar-refractivity contribution is -0.134. The van der Waals surface area contributed by atoms with Crippen LogP contribution in [0, 0.1) is 5.92 Å². The molecule has 1 fully saturated rings. The van der Waals surface area contributed by atoms with Crippen LogP contribution in [0.15, 0.2) is 0 Å². The monoisotopic (exact) mass is 290 g/mol. The van der Waals surface area contributed by atoms with Crippen LogP contribution in [-0.4, -0.2) is 56.9 Å². The van der Waals surface area contributed by atoms with E-state index >= 15 is 0 Å². The van der Waals surface area contributed by atoms with Gasteiger partial charge in [0, 0.05) is 19.3 Å². The number of piperidine rings is 1. The van der Waals surface area contributed by atoms with E-state index in [4.69, 9.17) is 0 Å². The Morgan fingerprint density at radius 3 is 2.26 bits per heavy atom. The highest BCUT2D eigenvalue weighted by Gasteiger charge is 2.41. The van der Waals surface area contributed by atoms with Crippen molar-refractivity contribution in [3.63, 3.8) is 0 Å². The van der Waals surface area contributed by atoms with Gasteiger partial charge in [-0.25, -0.2) is 8.42 Å². The van der Waals surface area contributed by atoms with Crippen LogP contribution in [-0.2, 0) is 14.6 Å². The quantitative estimate of drug-likeness (QED) is 0.807. The van der Waals surface area contributed by atoms with Crippen LogP contribution in [0.1, 0.15) is 33.1 Å². The second-order valence-electron chi connectivity index (χ2n) is 5.91. The number of carbonyl (C=O) groups is 1. The summed E-state index contributed by atoms with van der Waals surface area (Å²) >= 11 is 0. The molecule has 0 spiro atoms. The Morgan fingerprint density at radius 1 is 1.32 bits per heavy atom. The summed E-state index contributed by atoms with van der Waals surface area (Å²) in [5.74, 6) is 0.375. The second-order valence-corrected chi connectivity index (χ2v) is 8.48. The van der Waals surface area contributed by atoms with E-state index in [1.165, 1.54) is 13.8 Å². The maximum atomic E-state index is 12.3. The first kappa shape index (κ1) is 16.4. The number of hydrogen-bond donors (Lipinski definition) is 1. The molecule has 1 aliphatic rings. The van der Waals surface area contributed by atoms with Crippen LogP contribution in [0.4, 0.5) is 0 Å². The van der Waals surface area contributed by atoms with Gasteiger partial charge in [0.1, 0.15) is 4.75 Å². The fourth-order valence-corrected chi connectivity index (χ4v) is 2.76. The molecule has 1 N–H and O–H groups in total. The summed E-state index contributed by atoms with van der Waals surface area (Å²) in [6.45, 7) is 5.33. The molecule has 0 aliphatic carbocycles. The number of carbonyl (C=O) groups excluding carboxylic acids is 1. The van der Waals surface area contributed by atoms with E-state index < -0.39 is 14.6 Å². The lowest BCUT2D eigenvalue weighted by Crippen LogP contribution is -2.52. The number of sulfone groups is 1. The normalized spacial score (nSPS) is 18.6. The van der Waals surface area contributed by atoms with Crippen LogP contribution in [0.25, 0.3) is 0 Å². The van der Waals surface area contributed by atoms with E-state index in [-0.39, 0.29) is 5.91 Å². The summed E-state index contributed by atoms with van der Waals surface area (Å²) < 4.78 is 22.1. The number of rotatable bonds is 5. The number of nitrogens with one attached hydrogen (secondary N) is 1. The zero-order valence-corrected chi connectivity index (χ0v) is 13.2. The predicted octanol–water partition coefficient (Wildman–Crippen LogP) is 0.658. The zero-order valence-electron chi connectivity index (χ0n) is 12.4. The minimum Gasteiger partial charge on any atom is -0.341 e. The highest BCUT2D eigenvalue weighted by molar-refractivity contribution is 7.92. The molecular formula is C13H26N2O3S. The van der Waals surface area contributed by atoms with Gasteiger partial charge in [-0.3, -0.25) is 4.79 Å². The Hall–Kier alpha value is -0.620. The lowest BCUT2D eigenvalue weighted by atomic mass is 9.93. The lowest BCUT2D eigenvalue weighted by Gasteiger charge is -2.36. The van der Waals surface area contributed by atoms with E-state index in [1.54, 1.807) is 4.90 Å². The summed E-state index contributed by atoms with van der Waals surface area (Å²) in [4.78, 5) is 14.0. The van der Waals surface area contributed by atoms with E-state index in [1.807, 2.05) is 7.05 Å². The van der Waals surface area contributed by atoms with Crippen LogP contribution in [0.2, 0.25) is 0 Å². The first-order valence-electron chi connectivity index (χ1n) is 6.83. The van der Waals surface area contributed by atoms with Gasteiger partial charge >= 0.3 is 0 Å². The molecule has 1 heterocycles. The van der Waals surface area contributed by atoms with Crippen molar-refractivity contribution in [1.82, 2.24) is 10.2 Å². The molecule has 1 aliphatic heterocycles. The SMILES string of the molecule is CNCCC1CCN(C(=O)C(C)(C)S(C)(=O)=O)CC1. The minimum absolute atomic E-state index is 0.262. The van der Waals surface area contributed by atoms with Crippen LogP contribution < -0.4 is 5.32 Å². The largest absolute Gasteiger partial charge is 0.341 e. The van der Waals surface area contributed by atoms with Crippen molar-refractivity contribution in [2.75, 3.05) is 32.9 Å². The molecule has 0 aromatic carbocycles. The summed E-state index contributed by atoms with van der Waals surface area (Å²) in [5.41, 5.74) is 0. The molecule has 0 radical (unpaired) electrons. The molecule has 0 unspecified atom stereocenters. The molecule has 1 amide bonds. The maximum Gasteiger partial charge on any atom is 0.243 e. The molecule has 0 aromatic heterocycles. The average Bonchev–Trinajstić information content (AvgIpc) is 2.34. The maximum absolute atomic E-state index is 12.3. The van der Waals surface area contributed by atoms with Gasteiger partial charge in [0.2, 0.25) is 5.91 Å². The summed E-state index contributed by atoms with van der Waals surface area (Å²) in [6.07, 6.45) is 4.18. The van der Waals surface area contributed by atoms with Gasteiger partial charge in [0.05, 0.1) is 0 Å². The molecule has 0 atom stereocenters. The van der Waals surface area contributed by atoms with E-state index in [0.29, 0.717) is 19.0 Å². The predicted molar refractivity (Wildman–Crippen MR) is 76.8 cm³/mol. The average molecular weight is 290 g/mol. The first-order valence-corrected chi connectivity index (χ1v) is 8.73. The molecular weight excluding hydrogens is 264 g/mol.